The molecule has 3 N–H and O–H groups in total. The Morgan fingerprint density at radius 3 is 2.65 bits per heavy atom. The first-order valence-corrected chi connectivity index (χ1v) is 6.68. The number of rotatable bonds is 4. The van der Waals surface area contributed by atoms with Crippen LogP contribution in [0.1, 0.15) is 25.7 Å². The van der Waals surface area contributed by atoms with Crippen LogP contribution in [-0.2, 0) is 4.79 Å². The third-order valence-electron chi connectivity index (χ3n) is 3.70. The topological polar surface area (TPSA) is 85.8 Å². The van der Waals surface area contributed by atoms with Gasteiger partial charge in [0.05, 0.1) is 5.69 Å². The fourth-order valence-electron chi connectivity index (χ4n) is 2.37. The van der Waals surface area contributed by atoms with Gasteiger partial charge in [-0.1, -0.05) is 0 Å². The SMILES string of the molecule is NC1(CC(=O)Nc2ccc(-n3cncn3)cc2)CCC1. The van der Waals surface area contributed by atoms with Crippen LogP contribution in [0.3, 0.4) is 0 Å². The second-order valence-corrected chi connectivity index (χ2v) is 5.33. The molecular formula is C14H17N5O. The number of hydrogen-bond donors (Lipinski definition) is 2. The van der Waals surface area contributed by atoms with Crippen molar-refractivity contribution in [3.8, 4) is 5.69 Å². The summed E-state index contributed by atoms with van der Waals surface area (Å²) in [5.41, 5.74) is 7.44. The second-order valence-electron chi connectivity index (χ2n) is 5.33. The number of carbonyl (C=O) groups is 1. The van der Waals surface area contributed by atoms with Gasteiger partial charge in [-0.3, -0.25) is 4.79 Å². The quantitative estimate of drug-likeness (QED) is 0.882. The van der Waals surface area contributed by atoms with Gasteiger partial charge in [-0.25, -0.2) is 9.67 Å². The zero-order valence-corrected chi connectivity index (χ0v) is 11.1. The van der Waals surface area contributed by atoms with Crippen LogP contribution in [0, 0.1) is 0 Å². The molecule has 20 heavy (non-hydrogen) atoms. The predicted molar refractivity (Wildman–Crippen MR) is 75.4 cm³/mol. The highest BCUT2D eigenvalue weighted by atomic mass is 16.1. The molecule has 104 valence electrons. The fraction of sp³-hybridized carbons (Fsp3) is 0.357. The minimum atomic E-state index is -0.287. The molecule has 0 aliphatic heterocycles. The Kier molecular flexibility index (Phi) is 3.23. The van der Waals surface area contributed by atoms with Gasteiger partial charge < -0.3 is 11.1 Å². The summed E-state index contributed by atoms with van der Waals surface area (Å²) >= 11 is 0. The summed E-state index contributed by atoms with van der Waals surface area (Å²) < 4.78 is 1.66. The Balaban J connectivity index is 1.62. The smallest absolute Gasteiger partial charge is 0.226 e. The summed E-state index contributed by atoms with van der Waals surface area (Å²) in [6, 6.07) is 7.45. The first-order valence-electron chi connectivity index (χ1n) is 6.68. The molecule has 0 atom stereocenters. The van der Waals surface area contributed by atoms with Gasteiger partial charge in [0.2, 0.25) is 5.91 Å². The lowest BCUT2D eigenvalue weighted by molar-refractivity contribution is -0.118. The van der Waals surface area contributed by atoms with E-state index in [-0.39, 0.29) is 11.4 Å². The highest BCUT2D eigenvalue weighted by Gasteiger charge is 2.34. The molecule has 1 aromatic heterocycles. The normalized spacial score (nSPS) is 16.4. The van der Waals surface area contributed by atoms with Crippen molar-refractivity contribution in [3.05, 3.63) is 36.9 Å². The molecule has 1 heterocycles. The van der Waals surface area contributed by atoms with E-state index in [0.29, 0.717) is 6.42 Å². The Morgan fingerprint density at radius 2 is 2.10 bits per heavy atom. The number of anilines is 1. The molecule has 3 rings (SSSR count). The van der Waals surface area contributed by atoms with Gasteiger partial charge in [0.25, 0.3) is 0 Å². The molecule has 1 amide bonds. The third-order valence-corrected chi connectivity index (χ3v) is 3.70. The number of nitrogens with zero attached hydrogens (tertiary/aromatic N) is 3. The molecule has 1 aliphatic carbocycles. The minimum absolute atomic E-state index is 0.0271. The lowest BCUT2D eigenvalue weighted by atomic mass is 9.75. The number of nitrogens with one attached hydrogen (secondary N) is 1. The first-order chi connectivity index (χ1) is 9.65. The van der Waals surface area contributed by atoms with Crippen LogP contribution in [0.25, 0.3) is 5.69 Å². The van der Waals surface area contributed by atoms with E-state index < -0.39 is 0 Å². The highest BCUT2D eigenvalue weighted by Crippen LogP contribution is 2.32. The average molecular weight is 271 g/mol. The van der Waals surface area contributed by atoms with E-state index in [1.165, 1.54) is 6.33 Å². The van der Waals surface area contributed by atoms with Crippen molar-refractivity contribution in [2.45, 2.75) is 31.2 Å². The Labute approximate surface area is 117 Å². The summed E-state index contributed by atoms with van der Waals surface area (Å²) in [7, 11) is 0. The van der Waals surface area contributed by atoms with Gasteiger partial charge in [0.15, 0.2) is 0 Å². The van der Waals surface area contributed by atoms with E-state index in [9.17, 15) is 4.79 Å². The van der Waals surface area contributed by atoms with Crippen molar-refractivity contribution in [1.29, 1.82) is 0 Å². The van der Waals surface area contributed by atoms with Gasteiger partial charge in [-0.2, -0.15) is 5.10 Å². The van der Waals surface area contributed by atoms with Gasteiger partial charge >= 0.3 is 0 Å². The summed E-state index contributed by atoms with van der Waals surface area (Å²) in [6.45, 7) is 0. The minimum Gasteiger partial charge on any atom is -0.326 e. The van der Waals surface area contributed by atoms with Crippen molar-refractivity contribution >= 4 is 11.6 Å². The molecule has 0 unspecified atom stereocenters. The van der Waals surface area contributed by atoms with Crippen LogP contribution in [0.15, 0.2) is 36.9 Å². The van der Waals surface area contributed by atoms with E-state index in [1.807, 2.05) is 24.3 Å². The molecule has 0 saturated heterocycles. The van der Waals surface area contributed by atoms with Crippen molar-refractivity contribution in [1.82, 2.24) is 14.8 Å². The van der Waals surface area contributed by atoms with Crippen LogP contribution in [0.2, 0.25) is 0 Å². The third kappa shape index (κ3) is 2.70. The molecule has 0 bridgehead atoms. The van der Waals surface area contributed by atoms with E-state index in [4.69, 9.17) is 5.73 Å². The van der Waals surface area contributed by atoms with Crippen LogP contribution < -0.4 is 11.1 Å². The van der Waals surface area contributed by atoms with Gasteiger partial charge in [0, 0.05) is 17.6 Å². The number of aromatic nitrogens is 3. The van der Waals surface area contributed by atoms with Crippen molar-refractivity contribution in [3.63, 3.8) is 0 Å². The molecule has 6 nitrogen and oxygen atoms in total. The number of carbonyl (C=O) groups excluding carboxylic acids is 1. The van der Waals surface area contributed by atoms with E-state index in [0.717, 1.165) is 30.6 Å². The zero-order chi connectivity index (χ0) is 14.0. The molecule has 1 aliphatic rings. The number of nitrogens with two attached hydrogens (primary N) is 1. The average Bonchev–Trinajstić information content (AvgIpc) is 2.91. The fourth-order valence-corrected chi connectivity index (χ4v) is 2.37. The van der Waals surface area contributed by atoms with Gasteiger partial charge in [-0.05, 0) is 43.5 Å². The maximum Gasteiger partial charge on any atom is 0.226 e. The standard InChI is InChI=1S/C14H17N5O/c15-14(6-1-7-14)8-13(20)18-11-2-4-12(5-3-11)19-10-16-9-17-19/h2-5,9-10H,1,6-8,15H2,(H,18,20). The summed E-state index contributed by atoms with van der Waals surface area (Å²) in [4.78, 5) is 15.8. The largest absolute Gasteiger partial charge is 0.326 e. The maximum absolute atomic E-state index is 11.9. The number of amides is 1. The molecule has 1 aromatic carbocycles. The molecule has 1 saturated carbocycles. The van der Waals surface area contributed by atoms with Crippen LogP contribution >= 0.6 is 0 Å². The number of hydrogen-bond acceptors (Lipinski definition) is 4. The molecule has 1 fully saturated rings. The summed E-state index contributed by atoms with van der Waals surface area (Å²) in [6.07, 6.45) is 6.49. The van der Waals surface area contributed by atoms with E-state index >= 15 is 0 Å². The number of benzene rings is 1. The Morgan fingerprint density at radius 1 is 1.35 bits per heavy atom. The lowest BCUT2D eigenvalue weighted by Crippen LogP contribution is -2.48. The monoisotopic (exact) mass is 271 g/mol. The molecule has 2 aromatic rings. The van der Waals surface area contributed by atoms with Crippen molar-refractivity contribution < 1.29 is 4.79 Å². The van der Waals surface area contributed by atoms with Gasteiger partial charge in [-0.15, -0.1) is 0 Å². The summed E-state index contributed by atoms with van der Waals surface area (Å²) in [5, 5.41) is 6.92. The van der Waals surface area contributed by atoms with Crippen LogP contribution in [0.4, 0.5) is 5.69 Å². The molecular weight excluding hydrogens is 254 g/mol. The second kappa shape index (κ2) is 5.05. The zero-order valence-electron chi connectivity index (χ0n) is 11.1. The summed E-state index contributed by atoms with van der Waals surface area (Å²) in [5.74, 6) is -0.0271. The van der Waals surface area contributed by atoms with Crippen molar-refractivity contribution in [2.75, 3.05) is 5.32 Å². The predicted octanol–water partition coefficient (Wildman–Crippen LogP) is 1.48. The maximum atomic E-state index is 11.9. The lowest BCUT2D eigenvalue weighted by Gasteiger charge is -2.37. The van der Waals surface area contributed by atoms with Crippen LogP contribution in [0.5, 0.6) is 0 Å². The molecule has 6 heteroatoms. The highest BCUT2D eigenvalue weighted by molar-refractivity contribution is 5.91. The van der Waals surface area contributed by atoms with Crippen molar-refractivity contribution in [2.24, 2.45) is 5.73 Å². The van der Waals surface area contributed by atoms with Crippen LogP contribution in [-0.4, -0.2) is 26.2 Å². The van der Waals surface area contributed by atoms with E-state index in [1.54, 1.807) is 11.0 Å². The molecule has 0 spiro atoms. The molecule has 0 radical (unpaired) electrons. The van der Waals surface area contributed by atoms with E-state index in [2.05, 4.69) is 15.4 Å². The van der Waals surface area contributed by atoms with Gasteiger partial charge in [0.1, 0.15) is 12.7 Å². The Hall–Kier alpha value is -2.21. The Bertz CT molecular complexity index is 587. The first kappa shape index (κ1) is 12.8.